The molecule has 0 saturated heterocycles. The molecule has 0 fully saturated rings. The normalized spacial score (nSPS) is 19.6. The molecule has 1 aliphatic heterocycles. The van der Waals surface area contributed by atoms with Gasteiger partial charge in [0.15, 0.2) is 0 Å². The SMILES string of the molecule is CCC(C)C(NC1C(=O)Nc2ccc(Cl)cc21)C(=O)OC. The molecule has 2 rings (SSSR count). The Hall–Kier alpha value is -1.59. The van der Waals surface area contributed by atoms with Crippen LogP contribution in [0.5, 0.6) is 0 Å². The van der Waals surface area contributed by atoms with Gasteiger partial charge in [-0.1, -0.05) is 31.9 Å². The highest BCUT2D eigenvalue weighted by Gasteiger charge is 2.36. The summed E-state index contributed by atoms with van der Waals surface area (Å²) < 4.78 is 4.83. The van der Waals surface area contributed by atoms with Gasteiger partial charge in [0.25, 0.3) is 0 Å². The van der Waals surface area contributed by atoms with Crippen molar-refractivity contribution >= 4 is 29.2 Å². The Balaban J connectivity index is 2.27. The van der Waals surface area contributed by atoms with E-state index in [0.29, 0.717) is 5.02 Å². The summed E-state index contributed by atoms with van der Waals surface area (Å²) >= 11 is 5.99. The molecule has 5 nitrogen and oxygen atoms in total. The van der Waals surface area contributed by atoms with Crippen LogP contribution in [0, 0.1) is 5.92 Å². The molecular weight excluding hydrogens is 292 g/mol. The number of carbonyl (C=O) groups is 2. The number of hydrogen-bond donors (Lipinski definition) is 2. The molecule has 6 heteroatoms. The summed E-state index contributed by atoms with van der Waals surface area (Å²) in [7, 11) is 1.35. The Morgan fingerprint density at radius 3 is 2.86 bits per heavy atom. The van der Waals surface area contributed by atoms with Gasteiger partial charge < -0.3 is 10.1 Å². The number of hydrogen-bond acceptors (Lipinski definition) is 4. The lowest BCUT2D eigenvalue weighted by Crippen LogP contribution is -2.46. The van der Waals surface area contributed by atoms with E-state index in [4.69, 9.17) is 16.3 Å². The highest BCUT2D eigenvalue weighted by Crippen LogP contribution is 2.33. The maximum Gasteiger partial charge on any atom is 0.323 e. The third-order valence-electron chi connectivity index (χ3n) is 3.86. The van der Waals surface area contributed by atoms with E-state index in [1.165, 1.54) is 7.11 Å². The first-order valence-corrected chi connectivity index (χ1v) is 7.30. The van der Waals surface area contributed by atoms with Crippen molar-refractivity contribution in [2.45, 2.75) is 32.4 Å². The van der Waals surface area contributed by atoms with Crippen molar-refractivity contribution in [1.29, 1.82) is 0 Å². The summed E-state index contributed by atoms with van der Waals surface area (Å²) in [4.78, 5) is 24.1. The second kappa shape index (κ2) is 6.45. The predicted molar refractivity (Wildman–Crippen MR) is 81.2 cm³/mol. The first kappa shape index (κ1) is 15.8. The summed E-state index contributed by atoms with van der Waals surface area (Å²) in [6.07, 6.45) is 0.795. The van der Waals surface area contributed by atoms with Crippen molar-refractivity contribution in [2.75, 3.05) is 12.4 Å². The summed E-state index contributed by atoms with van der Waals surface area (Å²) in [5.41, 5.74) is 1.47. The largest absolute Gasteiger partial charge is 0.468 e. The first-order valence-electron chi connectivity index (χ1n) is 6.92. The van der Waals surface area contributed by atoms with E-state index in [-0.39, 0.29) is 17.8 Å². The average Bonchev–Trinajstić information content (AvgIpc) is 2.78. The van der Waals surface area contributed by atoms with Crippen LogP contribution in [0.15, 0.2) is 18.2 Å². The van der Waals surface area contributed by atoms with Crippen molar-refractivity contribution in [1.82, 2.24) is 5.32 Å². The zero-order chi connectivity index (χ0) is 15.6. The quantitative estimate of drug-likeness (QED) is 0.820. The Morgan fingerprint density at radius 2 is 2.24 bits per heavy atom. The molecule has 0 aromatic heterocycles. The second-order valence-electron chi connectivity index (χ2n) is 5.21. The molecule has 0 saturated carbocycles. The molecule has 1 aromatic rings. The van der Waals surface area contributed by atoms with Gasteiger partial charge in [-0.3, -0.25) is 14.9 Å². The fourth-order valence-corrected chi connectivity index (χ4v) is 2.59. The van der Waals surface area contributed by atoms with Gasteiger partial charge >= 0.3 is 5.97 Å². The molecular formula is C15H19ClN2O3. The van der Waals surface area contributed by atoms with Gasteiger partial charge in [-0.25, -0.2) is 0 Å². The van der Waals surface area contributed by atoms with Crippen molar-refractivity contribution < 1.29 is 14.3 Å². The number of halogens is 1. The standard InChI is InChI=1S/C15H19ClN2O3/c1-4-8(2)12(15(20)21-3)18-13-10-7-9(16)5-6-11(10)17-14(13)19/h5-8,12-13,18H,4H2,1-3H3,(H,17,19). The summed E-state index contributed by atoms with van der Waals surface area (Å²) in [6.45, 7) is 3.93. The van der Waals surface area contributed by atoms with E-state index in [9.17, 15) is 9.59 Å². The summed E-state index contributed by atoms with van der Waals surface area (Å²) in [5.74, 6) is -0.509. The van der Waals surface area contributed by atoms with Crippen LogP contribution in [-0.2, 0) is 14.3 Å². The Morgan fingerprint density at radius 1 is 1.52 bits per heavy atom. The van der Waals surface area contributed by atoms with Gasteiger partial charge in [0, 0.05) is 16.3 Å². The zero-order valence-corrected chi connectivity index (χ0v) is 13.0. The molecule has 0 aliphatic carbocycles. The van der Waals surface area contributed by atoms with Gasteiger partial charge in [-0.2, -0.15) is 0 Å². The zero-order valence-electron chi connectivity index (χ0n) is 12.3. The lowest BCUT2D eigenvalue weighted by molar-refractivity contribution is -0.145. The highest BCUT2D eigenvalue weighted by atomic mass is 35.5. The van der Waals surface area contributed by atoms with Gasteiger partial charge in [0.2, 0.25) is 5.91 Å². The summed E-state index contributed by atoms with van der Waals surface area (Å²) in [5, 5.41) is 6.44. The lowest BCUT2D eigenvalue weighted by atomic mass is 9.97. The smallest absolute Gasteiger partial charge is 0.323 e. The second-order valence-corrected chi connectivity index (χ2v) is 5.64. The minimum Gasteiger partial charge on any atom is -0.468 e. The molecule has 0 radical (unpaired) electrons. The van der Waals surface area contributed by atoms with Crippen molar-refractivity contribution in [2.24, 2.45) is 5.92 Å². The minimum absolute atomic E-state index is 0.0495. The number of esters is 1. The molecule has 3 unspecified atom stereocenters. The summed E-state index contributed by atoms with van der Waals surface area (Å²) in [6, 6.07) is 4.07. The Labute approximate surface area is 129 Å². The molecule has 2 N–H and O–H groups in total. The number of anilines is 1. The molecule has 1 aromatic carbocycles. The maximum absolute atomic E-state index is 12.1. The predicted octanol–water partition coefficient (Wildman–Crippen LogP) is 2.51. The van der Waals surface area contributed by atoms with Gasteiger partial charge in [0.05, 0.1) is 7.11 Å². The molecule has 0 bridgehead atoms. The number of methoxy groups -OCH3 is 1. The minimum atomic E-state index is -0.600. The number of carbonyl (C=O) groups excluding carboxylic acids is 2. The van der Waals surface area contributed by atoms with Crippen LogP contribution in [0.1, 0.15) is 31.9 Å². The molecule has 1 aliphatic rings. The molecule has 114 valence electrons. The van der Waals surface area contributed by atoms with E-state index < -0.39 is 12.1 Å². The van der Waals surface area contributed by atoms with Crippen LogP contribution in [0.2, 0.25) is 5.02 Å². The van der Waals surface area contributed by atoms with Gasteiger partial charge in [-0.05, 0) is 24.1 Å². The van der Waals surface area contributed by atoms with E-state index >= 15 is 0 Å². The van der Waals surface area contributed by atoms with Crippen molar-refractivity contribution in [3.8, 4) is 0 Å². The van der Waals surface area contributed by atoms with Crippen molar-refractivity contribution in [3.63, 3.8) is 0 Å². The van der Waals surface area contributed by atoms with E-state index in [0.717, 1.165) is 17.7 Å². The molecule has 1 heterocycles. The Bertz CT molecular complexity index is 562. The Kier molecular flexibility index (Phi) is 4.85. The van der Waals surface area contributed by atoms with Crippen LogP contribution < -0.4 is 10.6 Å². The monoisotopic (exact) mass is 310 g/mol. The van der Waals surface area contributed by atoms with Crippen molar-refractivity contribution in [3.05, 3.63) is 28.8 Å². The lowest BCUT2D eigenvalue weighted by Gasteiger charge is -2.24. The van der Waals surface area contributed by atoms with Crippen LogP contribution in [0.25, 0.3) is 0 Å². The van der Waals surface area contributed by atoms with E-state index in [1.54, 1.807) is 18.2 Å². The number of ether oxygens (including phenoxy) is 1. The average molecular weight is 311 g/mol. The number of benzene rings is 1. The molecule has 21 heavy (non-hydrogen) atoms. The maximum atomic E-state index is 12.1. The van der Waals surface area contributed by atoms with Gasteiger partial charge in [0.1, 0.15) is 12.1 Å². The number of amides is 1. The molecule has 1 amide bonds. The fraction of sp³-hybridized carbons (Fsp3) is 0.467. The molecule has 0 spiro atoms. The molecule has 3 atom stereocenters. The van der Waals surface area contributed by atoms with Gasteiger partial charge in [-0.15, -0.1) is 0 Å². The third kappa shape index (κ3) is 3.19. The fourth-order valence-electron chi connectivity index (χ4n) is 2.40. The van der Waals surface area contributed by atoms with Crippen LogP contribution in [0.3, 0.4) is 0 Å². The topological polar surface area (TPSA) is 67.4 Å². The van der Waals surface area contributed by atoms with E-state index in [1.807, 2.05) is 13.8 Å². The number of rotatable bonds is 5. The third-order valence-corrected chi connectivity index (χ3v) is 4.09. The highest BCUT2D eigenvalue weighted by molar-refractivity contribution is 6.31. The van der Waals surface area contributed by atoms with E-state index in [2.05, 4.69) is 10.6 Å². The van der Waals surface area contributed by atoms with Crippen LogP contribution in [-0.4, -0.2) is 25.0 Å². The number of nitrogens with one attached hydrogen (secondary N) is 2. The number of fused-ring (bicyclic) bond motifs is 1. The van der Waals surface area contributed by atoms with Crippen LogP contribution in [0.4, 0.5) is 5.69 Å². The van der Waals surface area contributed by atoms with Crippen LogP contribution >= 0.6 is 11.6 Å². The first-order chi connectivity index (χ1) is 9.97.